The number of carbonyl (C=O) groups excluding carboxylic acids is 3. The molecule has 1 saturated carbocycles. The number of hydrogen-bond donors (Lipinski definition) is 2. The number of alkyl halides is 6. The molecule has 2 atom stereocenters. The molecule has 46 heavy (non-hydrogen) atoms. The topological polar surface area (TPSA) is 94.2 Å². The van der Waals surface area contributed by atoms with Gasteiger partial charge in [0.2, 0.25) is 0 Å². The second-order valence-electron chi connectivity index (χ2n) is 11.4. The van der Waals surface area contributed by atoms with Crippen molar-refractivity contribution in [3.8, 4) is 0 Å². The number of likely N-dealkylation sites (tertiary alicyclic amines) is 1. The highest BCUT2D eigenvalue weighted by molar-refractivity contribution is 5.92. The maximum atomic E-state index is 13.7. The van der Waals surface area contributed by atoms with Gasteiger partial charge >= 0.3 is 30.5 Å². The van der Waals surface area contributed by atoms with Crippen LogP contribution in [0.2, 0.25) is 0 Å². The number of halogens is 7. The fourth-order valence-corrected chi connectivity index (χ4v) is 5.80. The SMILES string of the molecule is CNC(=O)OC1CCC(NC(=O)N2C[C@@H](N(C)C(=O)N(C)c3cc(C(F)(F)F)cc(C(F)(F)F)c3)[C@H](c3ccc(F)cc3)C2)CC1. The zero-order chi connectivity index (χ0) is 34.0. The van der Waals surface area contributed by atoms with E-state index in [1.165, 1.54) is 43.3 Å². The zero-order valence-corrected chi connectivity index (χ0v) is 25.2. The van der Waals surface area contributed by atoms with Crippen molar-refractivity contribution in [2.24, 2.45) is 0 Å². The first-order chi connectivity index (χ1) is 21.5. The van der Waals surface area contributed by atoms with Gasteiger partial charge in [0.25, 0.3) is 0 Å². The molecule has 5 amide bonds. The number of alkyl carbamates (subject to hydrolysis) is 1. The van der Waals surface area contributed by atoms with Crippen molar-refractivity contribution in [2.45, 2.75) is 62.1 Å². The van der Waals surface area contributed by atoms with Gasteiger partial charge in [-0.2, -0.15) is 26.3 Å². The molecule has 2 aliphatic rings. The molecular formula is C30H34F7N5O4. The fourth-order valence-electron chi connectivity index (χ4n) is 5.80. The second-order valence-corrected chi connectivity index (χ2v) is 11.4. The van der Waals surface area contributed by atoms with Crippen molar-refractivity contribution in [2.75, 3.05) is 39.1 Å². The highest BCUT2D eigenvalue weighted by Gasteiger charge is 2.42. The Labute approximate surface area is 260 Å². The number of likely N-dealkylation sites (N-methyl/N-ethyl adjacent to an activating group) is 1. The number of carbonyl (C=O) groups is 3. The molecule has 1 aliphatic carbocycles. The van der Waals surface area contributed by atoms with Crippen molar-refractivity contribution >= 4 is 23.8 Å². The molecule has 9 nitrogen and oxygen atoms in total. The minimum absolute atomic E-state index is 0.0184. The number of ether oxygens (including phenoxy) is 1. The van der Waals surface area contributed by atoms with Gasteiger partial charge in [-0.05, 0) is 61.6 Å². The van der Waals surface area contributed by atoms with E-state index in [4.69, 9.17) is 4.74 Å². The van der Waals surface area contributed by atoms with E-state index in [0.717, 1.165) is 11.9 Å². The number of nitrogens with zero attached hydrogens (tertiary/aromatic N) is 3. The average molecular weight is 662 g/mol. The van der Waals surface area contributed by atoms with Crippen molar-refractivity contribution in [1.82, 2.24) is 20.4 Å². The molecule has 252 valence electrons. The van der Waals surface area contributed by atoms with Crippen LogP contribution in [0.5, 0.6) is 0 Å². The van der Waals surface area contributed by atoms with Gasteiger partial charge in [0.15, 0.2) is 0 Å². The Morgan fingerprint density at radius 1 is 0.870 bits per heavy atom. The zero-order valence-electron chi connectivity index (χ0n) is 25.2. The monoisotopic (exact) mass is 661 g/mol. The van der Waals surface area contributed by atoms with E-state index in [2.05, 4.69) is 10.6 Å². The molecule has 0 radical (unpaired) electrons. The summed E-state index contributed by atoms with van der Waals surface area (Å²) in [5, 5.41) is 5.34. The summed E-state index contributed by atoms with van der Waals surface area (Å²) in [6.45, 7) is 0.0792. The minimum Gasteiger partial charge on any atom is -0.446 e. The summed E-state index contributed by atoms with van der Waals surface area (Å²) in [7, 11) is 3.85. The lowest BCUT2D eigenvalue weighted by atomic mass is 9.93. The predicted octanol–water partition coefficient (Wildman–Crippen LogP) is 6.20. The Morgan fingerprint density at radius 3 is 1.96 bits per heavy atom. The summed E-state index contributed by atoms with van der Waals surface area (Å²) < 4.78 is 99.8. The van der Waals surface area contributed by atoms with Crippen LogP contribution in [-0.4, -0.2) is 80.4 Å². The van der Waals surface area contributed by atoms with Crippen LogP contribution in [0, 0.1) is 5.82 Å². The van der Waals surface area contributed by atoms with E-state index in [0.29, 0.717) is 48.3 Å². The largest absolute Gasteiger partial charge is 0.446 e. The summed E-state index contributed by atoms with van der Waals surface area (Å²) in [5.41, 5.74) is -3.18. The van der Waals surface area contributed by atoms with Gasteiger partial charge in [-0.25, -0.2) is 18.8 Å². The van der Waals surface area contributed by atoms with Gasteiger partial charge in [-0.15, -0.1) is 0 Å². The van der Waals surface area contributed by atoms with Crippen molar-refractivity contribution in [3.63, 3.8) is 0 Å². The number of amides is 5. The Bertz CT molecular complexity index is 1380. The van der Waals surface area contributed by atoms with Crippen LogP contribution in [0.15, 0.2) is 42.5 Å². The minimum atomic E-state index is -5.10. The predicted molar refractivity (Wildman–Crippen MR) is 153 cm³/mol. The summed E-state index contributed by atoms with van der Waals surface area (Å²) in [6, 6.07) is 3.97. The molecule has 2 fully saturated rings. The molecule has 2 N–H and O–H groups in total. The van der Waals surface area contributed by atoms with Crippen LogP contribution in [0.1, 0.15) is 48.3 Å². The maximum Gasteiger partial charge on any atom is 0.416 e. The molecule has 0 spiro atoms. The van der Waals surface area contributed by atoms with Crippen LogP contribution >= 0.6 is 0 Å². The number of urea groups is 2. The van der Waals surface area contributed by atoms with Gasteiger partial charge in [0.1, 0.15) is 11.9 Å². The third-order valence-electron chi connectivity index (χ3n) is 8.40. The van der Waals surface area contributed by atoms with E-state index in [1.54, 1.807) is 0 Å². The van der Waals surface area contributed by atoms with Gasteiger partial charge in [0, 0.05) is 51.9 Å². The lowest BCUT2D eigenvalue weighted by Gasteiger charge is -2.33. The standard InChI is InChI=1S/C30H34F7N5O4/c1-38-27(44)46-23-10-8-21(9-11-23)39-26(43)42-15-24(17-4-6-20(31)7-5-17)25(16-42)41(3)28(45)40(2)22-13-18(29(32,33)34)12-19(14-22)30(35,36)37/h4-7,12-14,21,23-25H,8-11,15-16H2,1-3H3,(H,38,44)(H,39,43)/t21?,23?,24-,25+/m0/s1. The van der Waals surface area contributed by atoms with Crippen LogP contribution in [0.3, 0.4) is 0 Å². The second kappa shape index (κ2) is 13.6. The number of nitrogens with one attached hydrogen (secondary N) is 2. The van der Waals surface area contributed by atoms with Crippen molar-refractivity contribution < 1.29 is 49.9 Å². The highest BCUT2D eigenvalue weighted by atomic mass is 19.4. The van der Waals surface area contributed by atoms with Gasteiger partial charge in [0.05, 0.1) is 17.2 Å². The van der Waals surface area contributed by atoms with Gasteiger partial charge in [-0.3, -0.25) is 4.90 Å². The Kier molecular flexibility index (Phi) is 10.3. The Hall–Kier alpha value is -4.24. The van der Waals surface area contributed by atoms with E-state index in [1.807, 2.05) is 0 Å². The van der Waals surface area contributed by atoms with E-state index < -0.39 is 65.1 Å². The quantitative estimate of drug-likeness (QED) is 0.374. The van der Waals surface area contributed by atoms with Crippen LogP contribution in [-0.2, 0) is 17.1 Å². The van der Waals surface area contributed by atoms with E-state index in [-0.39, 0.29) is 31.3 Å². The molecule has 2 aromatic rings. The van der Waals surface area contributed by atoms with Crippen LogP contribution in [0.4, 0.5) is 50.8 Å². The number of anilines is 1. The highest BCUT2D eigenvalue weighted by Crippen LogP contribution is 2.39. The number of benzene rings is 2. The van der Waals surface area contributed by atoms with Crippen LogP contribution in [0.25, 0.3) is 0 Å². The molecule has 1 aliphatic heterocycles. The first kappa shape index (κ1) is 34.6. The van der Waals surface area contributed by atoms with Crippen molar-refractivity contribution in [3.05, 3.63) is 65.0 Å². The fraction of sp³-hybridized carbons (Fsp3) is 0.500. The molecular weight excluding hydrogens is 627 g/mol. The Balaban J connectivity index is 1.53. The number of hydrogen-bond acceptors (Lipinski definition) is 4. The lowest BCUT2D eigenvalue weighted by molar-refractivity contribution is -0.143. The molecule has 2 aromatic carbocycles. The normalized spacial score (nSPS) is 21.8. The molecule has 0 unspecified atom stereocenters. The third-order valence-corrected chi connectivity index (χ3v) is 8.40. The summed E-state index contributed by atoms with van der Waals surface area (Å²) in [5.74, 6) is -1.07. The summed E-state index contributed by atoms with van der Waals surface area (Å²) in [4.78, 5) is 41.7. The first-order valence-electron chi connectivity index (χ1n) is 14.5. The Morgan fingerprint density at radius 2 is 1.43 bits per heavy atom. The van der Waals surface area contributed by atoms with Gasteiger partial charge < -0.3 is 25.2 Å². The maximum absolute atomic E-state index is 13.7. The molecule has 1 heterocycles. The molecule has 4 rings (SSSR count). The van der Waals surface area contributed by atoms with Crippen LogP contribution < -0.4 is 15.5 Å². The molecule has 1 saturated heterocycles. The summed E-state index contributed by atoms with van der Waals surface area (Å²) >= 11 is 0. The smallest absolute Gasteiger partial charge is 0.416 e. The third kappa shape index (κ3) is 8.12. The molecule has 0 bridgehead atoms. The number of rotatable bonds is 5. The van der Waals surface area contributed by atoms with Crippen molar-refractivity contribution in [1.29, 1.82) is 0 Å². The van der Waals surface area contributed by atoms with E-state index >= 15 is 0 Å². The van der Waals surface area contributed by atoms with Gasteiger partial charge in [-0.1, -0.05) is 12.1 Å². The molecule has 16 heteroatoms. The molecule has 0 aromatic heterocycles. The lowest BCUT2D eigenvalue weighted by Crippen LogP contribution is -2.49. The summed E-state index contributed by atoms with van der Waals surface area (Å²) in [6.07, 6.45) is -8.86. The first-order valence-corrected chi connectivity index (χ1v) is 14.5. The van der Waals surface area contributed by atoms with E-state index in [9.17, 15) is 45.1 Å². The average Bonchev–Trinajstić information content (AvgIpc) is 3.46.